The molecule has 0 bridgehead atoms. The van der Waals surface area contributed by atoms with Gasteiger partial charge in [0, 0.05) is 63.7 Å². The molecule has 2 aliphatic carbocycles. The molecule has 0 amide bonds. The lowest BCUT2D eigenvalue weighted by molar-refractivity contribution is -0.151. The fourth-order valence-corrected chi connectivity index (χ4v) is 4.13. The molecular weight excluding hydrogens is 500 g/mol. The van der Waals surface area contributed by atoms with Crippen molar-refractivity contribution in [3.63, 3.8) is 0 Å². The molecule has 2 aromatic heterocycles. The number of anilines is 2. The third kappa shape index (κ3) is 8.97. The summed E-state index contributed by atoms with van der Waals surface area (Å²) in [6.07, 6.45) is 6.52. The number of nitrogens with two attached hydrogens (primary N) is 1. The lowest BCUT2D eigenvalue weighted by Crippen LogP contribution is -2.45. The van der Waals surface area contributed by atoms with Gasteiger partial charge >= 0.3 is 11.9 Å². The van der Waals surface area contributed by atoms with Crippen LogP contribution in [-0.2, 0) is 38.0 Å². The monoisotopic (exact) mass is 544 g/mol. The standard InChI is InChI=1S/C15H21N3O3.C7H11N3.C5H8O2.CH4/c1-3-21-15(20)11-9-18(7-6-13(11)19)14-8-12(10-4-5-10)16-17(14)2;1-10-7(8)4-6(9-10)5-2-3-5;1-3-5(6)7-4-2;/h8,10-11H,3-7,9H2,1-2H3;4-5H,2-3,8H2,1H3;3H,1,4H2,2H3;1H4. The molecule has 1 saturated heterocycles. The summed E-state index contributed by atoms with van der Waals surface area (Å²) in [4.78, 5) is 36.0. The first-order valence-corrected chi connectivity index (χ1v) is 13.2. The maximum absolute atomic E-state index is 11.9. The minimum absolute atomic E-state index is 0. The highest BCUT2D eigenvalue weighted by Gasteiger charge is 2.36. The number of ketones is 1. The smallest absolute Gasteiger partial charge is 0.330 e. The molecule has 3 fully saturated rings. The van der Waals surface area contributed by atoms with E-state index in [1.165, 1.54) is 31.4 Å². The number of nitrogens with zero attached hydrogens (tertiary/aromatic N) is 5. The van der Waals surface area contributed by atoms with E-state index in [9.17, 15) is 14.4 Å². The molecule has 0 radical (unpaired) electrons. The van der Waals surface area contributed by atoms with Gasteiger partial charge in [-0.25, -0.2) is 4.79 Å². The maximum Gasteiger partial charge on any atom is 0.330 e. The van der Waals surface area contributed by atoms with Crippen LogP contribution in [0, 0.1) is 5.92 Å². The molecule has 2 saturated carbocycles. The molecule has 3 heterocycles. The van der Waals surface area contributed by atoms with Crippen LogP contribution in [0.2, 0.25) is 0 Å². The summed E-state index contributed by atoms with van der Waals surface area (Å²) in [5.74, 6) is 1.60. The molecule has 1 atom stereocenters. The lowest BCUT2D eigenvalue weighted by Gasteiger charge is -2.31. The fourth-order valence-electron chi connectivity index (χ4n) is 4.13. The first-order valence-electron chi connectivity index (χ1n) is 13.2. The van der Waals surface area contributed by atoms with Crippen molar-refractivity contribution < 1.29 is 23.9 Å². The molecule has 11 nitrogen and oxygen atoms in total. The molecule has 0 aromatic carbocycles. The number of hydrogen-bond acceptors (Lipinski definition) is 9. The van der Waals surface area contributed by atoms with E-state index in [0.29, 0.717) is 44.6 Å². The van der Waals surface area contributed by atoms with Crippen LogP contribution in [0.15, 0.2) is 24.8 Å². The van der Waals surface area contributed by atoms with Crippen molar-refractivity contribution in [2.75, 3.05) is 36.9 Å². The highest BCUT2D eigenvalue weighted by molar-refractivity contribution is 6.00. The SMILES string of the molecule is C.C=CC(=O)OCC.CCOC(=O)C1CN(c2cc(C3CC3)nn2C)CCC1=O.Cn1nc(C2CC2)cc1N. The number of hydrogen-bond donors (Lipinski definition) is 1. The molecule has 216 valence electrons. The van der Waals surface area contributed by atoms with E-state index in [2.05, 4.69) is 32.5 Å². The average Bonchev–Trinajstić information content (AvgIpc) is 3.83. The Hall–Kier alpha value is -3.63. The quantitative estimate of drug-likeness (QED) is 0.316. The Labute approximate surface area is 231 Å². The molecule has 3 aliphatic rings. The Morgan fingerprint density at radius 2 is 1.59 bits per heavy atom. The van der Waals surface area contributed by atoms with Crippen molar-refractivity contribution in [1.82, 2.24) is 19.6 Å². The second-order valence-corrected chi connectivity index (χ2v) is 9.64. The molecular formula is C28H44N6O5. The number of aromatic nitrogens is 4. The van der Waals surface area contributed by atoms with Gasteiger partial charge in [0.1, 0.15) is 17.6 Å². The summed E-state index contributed by atoms with van der Waals surface area (Å²) in [6.45, 7) is 8.47. The zero-order chi connectivity index (χ0) is 27.8. The third-order valence-corrected chi connectivity index (χ3v) is 6.57. The van der Waals surface area contributed by atoms with Gasteiger partial charge in [0.15, 0.2) is 5.78 Å². The number of Topliss-reactive ketones (excluding diaryl/α,β-unsaturated/α-hetero) is 1. The van der Waals surface area contributed by atoms with Gasteiger partial charge in [0.25, 0.3) is 0 Å². The van der Waals surface area contributed by atoms with Crippen molar-refractivity contribution >= 4 is 29.4 Å². The van der Waals surface area contributed by atoms with E-state index in [-0.39, 0.29) is 19.2 Å². The number of carbonyl (C=O) groups is 3. The Morgan fingerprint density at radius 3 is 2.05 bits per heavy atom. The van der Waals surface area contributed by atoms with Gasteiger partial charge < -0.3 is 20.1 Å². The zero-order valence-corrected chi connectivity index (χ0v) is 22.9. The minimum Gasteiger partial charge on any atom is -0.465 e. The van der Waals surface area contributed by atoms with E-state index < -0.39 is 11.9 Å². The number of aryl methyl sites for hydroxylation is 2. The number of nitrogen functional groups attached to an aromatic ring is 1. The molecule has 39 heavy (non-hydrogen) atoms. The van der Waals surface area contributed by atoms with Gasteiger partial charge in [-0.3, -0.25) is 19.0 Å². The van der Waals surface area contributed by atoms with Gasteiger partial charge in [0.05, 0.1) is 24.6 Å². The van der Waals surface area contributed by atoms with E-state index in [4.69, 9.17) is 10.5 Å². The summed E-state index contributed by atoms with van der Waals surface area (Å²) in [6, 6.07) is 4.06. The second kappa shape index (κ2) is 14.5. The van der Waals surface area contributed by atoms with Crippen LogP contribution in [0.4, 0.5) is 11.6 Å². The Kier molecular flexibility index (Phi) is 11.7. The highest BCUT2D eigenvalue weighted by atomic mass is 16.5. The number of rotatable bonds is 7. The Balaban J connectivity index is 0.000000246. The molecule has 2 aromatic rings. The second-order valence-electron chi connectivity index (χ2n) is 9.64. The summed E-state index contributed by atoms with van der Waals surface area (Å²) in [5, 5.41) is 8.81. The summed E-state index contributed by atoms with van der Waals surface area (Å²) in [5.41, 5.74) is 7.90. The minimum atomic E-state index is -0.669. The van der Waals surface area contributed by atoms with Crippen LogP contribution >= 0.6 is 0 Å². The van der Waals surface area contributed by atoms with Crippen LogP contribution in [0.5, 0.6) is 0 Å². The van der Waals surface area contributed by atoms with Gasteiger partial charge in [-0.2, -0.15) is 10.2 Å². The van der Waals surface area contributed by atoms with Crippen molar-refractivity contribution in [1.29, 1.82) is 0 Å². The molecule has 0 spiro atoms. The predicted molar refractivity (Wildman–Crippen MR) is 150 cm³/mol. The summed E-state index contributed by atoms with van der Waals surface area (Å²) < 4.78 is 13.0. The Morgan fingerprint density at radius 1 is 1.03 bits per heavy atom. The molecule has 1 aliphatic heterocycles. The summed E-state index contributed by atoms with van der Waals surface area (Å²) in [7, 11) is 3.79. The normalized spacial score (nSPS) is 18.0. The van der Waals surface area contributed by atoms with Crippen molar-refractivity contribution in [2.45, 2.75) is 65.2 Å². The van der Waals surface area contributed by atoms with Crippen molar-refractivity contribution in [3.8, 4) is 0 Å². The van der Waals surface area contributed by atoms with E-state index >= 15 is 0 Å². The maximum atomic E-state index is 11.9. The van der Waals surface area contributed by atoms with E-state index in [1.807, 2.05) is 24.8 Å². The highest BCUT2D eigenvalue weighted by Crippen LogP contribution is 2.41. The first-order chi connectivity index (χ1) is 18.2. The Bertz CT molecular complexity index is 1110. The van der Waals surface area contributed by atoms with Crippen LogP contribution in [-0.4, -0.2) is 63.6 Å². The molecule has 1 unspecified atom stereocenters. The number of piperidine rings is 1. The molecule has 2 N–H and O–H groups in total. The zero-order valence-electron chi connectivity index (χ0n) is 22.9. The molecule has 11 heteroatoms. The number of carbonyl (C=O) groups excluding carboxylic acids is 3. The van der Waals surface area contributed by atoms with Crippen LogP contribution < -0.4 is 10.6 Å². The topological polar surface area (TPSA) is 135 Å². The van der Waals surface area contributed by atoms with Gasteiger partial charge in [0.2, 0.25) is 0 Å². The molecule has 5 rings (SSSR count). The van der Waals surface area contributed by atoms with Crippen LogP contribution in [0.25, 0.3) is 0 Å². The largest absolute Gasteiger partial charge is 0.465 e. The van der Waals surface area contributed by atoms with Gasteiger partial charge in [-0.1, -0.05) is 14.0 Å². The predicted octanol–water partition coefficient (Wildman–Crippen LogP) is 3.51. The fraction of sp³-hybridized carbons (Fsp3) is 0.607. The van der Waals surface area contributed by atoms with Crippen LogP contribution in [0.3, 0.4) is 0 Å². The van der Waals surface area contributed by atoms with Crippen molar-refractivity contribution in [3.05, 3.63) is 36.2 Å². The first kappa shape index (κ1) is 31.6. The summed E-state index contributed by atoms with van der Waals surface area (Å²) >= 11 is 0. The van der Waals surface area contributed by atoms with E-state index in [1.54, 1.807) is 18.5 Å². The van der Waals surface area contributed by atoms with E-state index in [0.717, 1.165) is 23.4 Å². The third-order valence-electron chi connectivity index (χ3n) is 6.57. The lowest BCUT2D eigenvalue weighted by atomic mass is 9.96. The van der Waals surface area contributed by atoms with Crippen LogP contribution in [0.1, 0.15) is 76.6 Å². The van der Waals surface area contributed by atoms with Crippen molar-refractivity contribution in [2.24, 2.45) is 20.0 Å². The van der Waals surface area contributed by atoms with Gasteiger partial charge in [-0.05, 0) is 39.5 Å². The number of ether oxygens (including phenoxy) is 2. The van der Waals surface area contributed by atoms with Gasteiger partial charge in [-0.15, -0.1) is 0 Å². The number of esters is 2. The average molecular weight is 545 g/mol.